The Morgan fingerprint density at radius 1 is 1.56 bits per heavy atom. The fourth-order valence-corrected chi connectivity index (χ4v) is 2.53. The number of nitrogens with two attached hydrogens (primary N) is 1. The van der Waals surface area contributed by atoms with E-state index < -0.39 is 0 Å². The van der Waals surface area contributed by atoms with Gasteiger partial charge >= 0.3 is 0 Å². The van der Waals surface area contributed by atoms with Gasteiger partial charge < -0.3 is 10.6 Å². The normalized spacial score (nSPS) is 10.7. The highest BCUT2D eigenvalue weighted by atomic mass is 79.9. The zero-order chi connectivity index (χ0) is 13.7. The van der Waals surface area contributed by atoms with Crippen molar-refractivity contribution in [2.75, 3.05) is 18.0 Å². The molecule has 0 fully saturated rings. The molecule has 5 heteroatoms. The zero-order valence-electron chi connectivity index (χ0n) is 11.1. The minimum Gasteiger partial charge on any atom is -0.393 e. The van der Waals surface area contributed by atoms with Crippen molar-refractivity contribution in [3.8, 4) is 0 Å². The van der Waals surface area contributed by atoms with Gasteiger partial charge in [0.15, 0.2) is 0 Å². The number of hydrogen-bond acceptors (Lipinski definition) is 3. The van der Waals surface area contributed by atoms with Crippen molar-refractivity contribution in [1.29, 1.82) is 0 Å². The Hall–Kier alpha value is -0.680. The van der Waals surface area contributed by atoms with Crippen LogP contribution in [0.15, 0.2) is 16.7 Å². The summed E-state index contributed by atoms with van der Waals surface area (Å²) in [6.07, 6.45) is 2.60. The number of hydrogen-bond donors (Lipinski definition) is 1. The highest BCUT2D eigenvalue weighted by molar-refractivity contribution is 9.10. The molecule has 0 aliphatic carbocycles. The van der Waals surface area contributed by atoms with E-state index in [0.29, 0.717) is 17.3 Å². The number of nitrogens with zero attached hydrogens (tertiary/aromatic N) is 2. The Kier molecular flexibility index (Phi) is 6.02. The van der Waals surface area contributed by atoms with E-state index in [1.54, 1.807) is 0 Å². The number of pyridine rings is 1. The first-order valence-corrected chi connectivity index (χ1v) is 7.25. The van der Waals surface area contributed by atoms with Crippen molar-refractivity contribution in [3.63, 3.8) is 0 Å². The quantitative estimate of drug-likeness (QED) is 0.813. The molecule has 100 valence electrons. The summed E-state index contributed by atoms with van der Waals surface area (Å²) in [6, 6.07) is 2.08. The van der Waals surface area contributed by atoms with Crippen LogP contribution in [-0.2, 0) is 0 Å². The summed E-state index contributed by atoms with van der Waals surface area (Å²) in [7, 11) is 0. The number of aryl methyl sites for hydroxylation is 1. The van der Waals surface area contributed by atoms with E-state index >= 15 is 0 Å². The fraction of sp³-hybridized carbons (Fsp3) is 0.538. The minimum absolute atomic E-state index is 0.548. The molecule has 3 nitrogen and oxygen atoms in total. The van der Waals surface area contributed by atoms with E-state index in [0.717, 1.165) is 28.9 Å². The number of rotatable bonds is 6. The van der Waals surface area contributed by atoms with Crippen LogP contribution in [0.25, 0.3) is 0 Å². The van der Waals surface area contributed by atoms with Gasteiger partial charge in [0.05, 0.1) is 9.46 Å². The van der Waals surface area contributed by atoms with E-state index in [2.05, 4.69) is 45.7 Å². The lowest BCUT2D eigenvalue weighted by molar-refractivity contribution is 0.608. The molecule has 0 aromatic carbocycles. The number of halogens is 1. The molecule has 0 unspecified atom stereocenters. The van der Waals surface area contributed by atoms with Crippen LogP contribution >= 0.6 is 28.1 Å². The summed E-state index contributed by atoms with van der Waals surface area (Å²) in [6.45, 7) is 8.16. The molecule has 18 heavy (non-hydrogen) atoms. The van der Waals surface area contributed by atoms with E-state index in [4.69, 9.17) is 18.0 Å². The van der Waals surface area contributed by atoms with Crippen molar-refractivity contribution in [2.24, 2.45) is 11.7 Å². The predicted molar refractivity (Wildman–Crippen MR) is 85.1 cm³/mol. The molecule has 2 N–H and O–H groups in total. The van der Waals surface area contributed by atoms with Gasteiger partial charge in [0.2, 0.25) is 0 Å². The van der Waals surface area contributed by atoms with Crippen LogP contribution in [0.2, 0.25) is 0 Å². The lowest BCUT2D eigenvalue weighted by atomic mass is 10.2. The SMILES string of the molecule is Cc1cnc(N(CCC(N)=S)CC(C)C)c(Br)c1. The topological polar surface area (TPSA) is 42.2 Å². The second-order valence-corrected chi connectivity index (χ2v) is 6.25. The molecule has 0 aliphatic heterocycles. The maximum atomic E-state index is 5.58. The van der Waals surface area contributed by atoms with Gasteiger partial charge in [-0.15, -0.1) is 0 Å². The average Bonchev–Trinajstić information content (AvgIpc) is 2.24. The third-order valence-electron chi connectivity index (χ3n) is 2.47. The monoisotopic (exact) mass is 329 g/mol. The Morgan fingerprint density at radius 3 is 2.72 bits per heavy atom. The molecule has 0 radical (unpaired) electrons. The molecule has 1 aromatic heterocycles. The lowest BCUT2D eigenvalue weighted by Gasteiger charge is -2.26. The Bertz CT molecular complexity index is 421. The second kappa shape index (κ2) is 7.04. The predicted octanol–water partition coefficient (Wildman–Crippen LogP) is 3.29. The molecule has 1 rings (SSSR count). The molecule has 0 atom stereocenters. The summed E-state index contributed by atoms with van der Waals surface area (Å²) in [4.78, 5) is 7.28. The molecule has 0 saturated heterocycles. The first-order valence-electron chi connectivity index (χ1n) is 6.05. The minimum atomic E-state index is 0.548. The molecule has 0 spiro atoms. The standard InChI is InChI=1S/C13H20BrN3S/c1-9(2)8-17(5-4-12(15)18)13-11(14)6-10(3)7-16-13/h6-7,9H,4-5,8H2,1-3H3,(H2,15,18). The highest BCUT2D eigenvalue weighted by Crippen LogP contribution is 2.25. The van der Waals surface area contributed by atoms with Crippen LogP contribution in [0, 0.1) is 12.8 Å². The van der Waals surface area contributed by atoms with E-state index in [1.165, 1.54) is 0 Å². The van der Waals surface area contributed by atoms with Gasteiger partial charge in [-0.25, -0.2) is 4.98 Å². The number of anilines is 1. The van der Waals surface area contributed by atoms with Crippen LogP contribution in [0.4, 0.5) is 5.82 Å². The van der Waals surface area contributed by atoms with Gasteiger partial charge in [-0.05, 0) is 40.4 Å². The largest absolute Gasteiger partial charge is 0.393 e. The molecule has 1 aromatic rings. The lowest BCUT2D eigenvalue weighted by Crippen LogP contribution is -2.32. The van der Waals surface area contributed by atoms with Crippen LogP contribution in [0.3, 0.4) is 0 Å². The summed E-state index contributed by atoms with van der Waals surface area (Å²) >= 11 is 8.53. The third-order valence-corrected chi connectivity index (χ3v) is 3.26. The zero-order valence-corrected chi connectivity index (χ0v) is 13.5. The molecule has 0 saturated carbocycles. The molecule has 1 heterocycles. The molecular weight excluding hydrogens is 310 g/mol. The van der Waals surface area contributed by atoms with Gasteiger partial charge in [0.1, 0.15) is 5.82 Å². The molecular formula is C13H20BrN3S. The Labute approximate surface area is 123 Å². The van der Waals surface area contributed by atoms with E-state index in [-0.39, 0.29) is 0 Å². The van der Waals surface area contributed by atoms with Crippen LogP contribution < -0.4 is 10.6 Å². The second-order valence-electron chi connectivity index (χ2n) is 4.87. The first-order chi connectivity index (χ1) is 8.40. The smallest absolute Gasteiger partial charge is 0.142 e. The summed E-state index contributed by atoms with van der Waals surface area (Å²) in [5.41, 5.74) is 6.73. The first kappa shape index (κ1) is 15.4. The van der Waals surface area contributed by atoms with Gasteiger partial charge in [0.25, 0.3) is 0 Å². The van der Waals surface area contributed by atoms with Gasteiger partial charge in [-0.2, -0.15) is 0 Å². The van der Waals surface area contributed by atoms with Gasteiger partial charge in [0, 0.05) is 25.7 Å². The fourth-order valence-electron chi connectivity index (χ4n) is 1.73. The summed E-state index contributed by atoms with van der Waals surface area (Å²) < 4.78 is 1.02. The average molecular weight is 330 g/mol. The van der Waals surface area contributed by atoms with Crippen molar-refractivity contribution in [3.05, 3.63) is 22.3 Å². The maximum Gasteiger partial charge on any atom is 0.142 e. The maximum absolute atomic E-state index is 5.58. The Balaban J connectivity index is 2.89. The van der Waals surface area contributed by atoms with Crippen LogP contribution in [0.1, 0.15) is 25.8 Å². The summed E-state index contributed by atoms with van der Waals surface area (Å²) in [5, 5.41) is 0. The summed E-state index contributed by atoms with van der Waals surface area (Å²) in [5.74, 6) is 1.52. The van der Waals surface area contributed by atoms with Crippen molar-refractivity contribution < 1.29 is 0 Å². The van der Waals surface area contributed by atoms with Crippen molar-refractivity contribution >= 4 is 39.0 Å². The van der Waals surface area contributed by atoms with Crippen molar-refractivity contribution in [2.45, 2.75) is 27.2 Å². The number of aromatic nitrogens is 1. The van der Waals surface area contributed by atoms with Gasteiger partial charge in [-0.1, -0.05) is 26.1 Å². The van der Waals surface area contributed by atoms with Crippen molar-refractivity contribution in [1.82, 2.24) is 4.98 Å². The van der Waals surface area contributed by atoms with E-state index in [1.807, 2.05) is 13.1 Å². The molecule has 0 amide bonds. The van der Waals surface area contributed by atoms with Crippen LogP contribution in [0.5, 0.6) is 0 Å². The third kappa shape index (κ3) is 4.90. The molecule has 0 aliphatic rings. The van der Waals surface area contributed by atoms with Gasteiger partial charge in [-0.3, -0.25) is 0 Å². The number of thiocarbonyl (C=S) groups is 1. The Morgan fingerprint density at radius 2 is 2.22 bits per heavy atom. The van der Waals surface area contributed by atoms with Crippen LogP contribution in [-0.4, -0.2) is 23.1 Å². The van der Waals surface area contributed by atoms with E-state index in [9.17, 15) is 0 Å². The highest BCUT2D eigenvalue weighted by Gasteiger charge is 2.13. The molecule has 0 bridgehead atoms.